The Morgan fingerprint density at radius 3 is 2.70 bits per heavy atom. The van der Waals surface area contributed by atoms with Crippen LogP contribution in [0.15, 0.2) is 0 Å². The molecule has 10 heavy (non-hydrogen) atoms. The van der Waals surface area contributed by atoms with E-state index in [9.17, 15) is 9.59 Å². The molecular weight excluding hydrogens is 152 g/mol. The van der Waals surface area contributed by atoms with Gasteiger partial charge in [0.1, 0.15) is 5.37 Å². The average molecular weight is 160 g/mol. The molecule has 2 amide bonds. The highest BCUT2D eigenvalue weighted by Gasteiger charge is 2.33. The van der Waals surface area contributed by atoms with Gasteiger partial charge >= 0.3 is 0 Å². The maximum absolute atomic E-state index is 10.6. The van der Waals surface area contributed by atoms with Gasteiger partial charge in [-0.3, -0.25) is 15.0 Å². The first-order chi connectivity index (χ1) is 4.61. The fourth-order valence-corrected chi connectivity index (χ4v) is 1.05. The van der Waals surface area contributed by atoms with E-state index < -0.39 is 0 Å². The van der Waals surface area contributed by atoms with Crippen LogP contribution in [-0.2, 0) is 9.59 Å². The third kappa shape index (κ3) is 1.23. The topological polar surface area (TPSA) is 49.4 Å². The predicted molar refractivity (Wildman–Crippen MR) is 38.1 cm³/mol. The van der Waals surface area contributed by atoms with Crippen molar-refractivity contribution in [1.82, 2.24) is 10.4 Å². The van der Waals surface area contributed by atoms with Crippen molar-refractivity contribution in [3.05, 3.63) is 0 Å². The number of carbonyl (C=O) groups excluding carboxylic acids is 2. The summed E-state index contributed by atoms with van der Waals surface area (Å²) < 4.78 is 0. The molecule has 0 unspecified atom stereocenters. The SMILES string of the molecule is CC(=O)NN1C(=O)C[C@H]1S. The highest BCUT2D eigenvalue weighted by Crippen LogP contribution is 2.18. The molecule has 1 heterocycles. The fourth-order valence-electron chi connectivity index (χ4n) is 0.706. The van der Waals surface area contributed by atoms with Crippen molar-refractivity contribution in [2.45, 2.75) is 18.7 Å². The Morgan fingerprint density at radius 1 is 1.90 bits per heavy atom. The number of thiol groups is 1. The third-order valence-electron chi connectivity index (χ3n) is 1.20. The quantitative estimate of drug-likeness (QED) is 0.402. The smallest absolute Gasteiger partial charge is 0.245 e. The lowest BCUT2D eigenvalue weighted by molar-refractivity contribution is -0.151. The number of rotatable bonds is 1. The number of β-lactam (4-membered cyclic amide) rings is 1. The van der Waals surface area contributed by atoms with Gasteiger partial charge in [-0.05, 0) is 0 Å². The second kappa shape index (κ2) is 2.49. The first-order valence-corrected chi connectivity index (χ1v) is 3.40. The molecule has 0 aliphatic carbocycles. The molecule has 1 aliphatic heterocycles. The van der Waals surface area contributed by atoms with E-state index in [2.05, 4.69) is 18.1 Å². The van der Waals surface area contributed by atoms with Crippen LogP contribution in [0.4, 0.5) is 0 Å². The summed E-state index contributed by atoms with van der Waals surface area (Å²) in [6.45, 7) is 1.35. The third-order valence-corrected chi connectivity index (χ3v) is 1.62. The molecule has 56 valence electrons. The van der Waals surface area contributed by atoms with Crippen LogP contribution < -0.4 is 5.43 Å². The minimum atomic E-state index is -0.243. The van der Waals surface area contributed by atoms with Crippen molar-refractivity contribution < 1.29 is 9.59 Å². The van der Waals surface area contributed by atoms with Crippen LogP contribution in [0.2, 0.25) is 0 Å². The number of hydrogen-bond donors (Lipinski definition) is 2. The van der Waals surface area contributed by atoms with Crippen LogP contribution >= 0.6 is 12.6 Å². The van der Waals surface area contributed by atoms with Gasteiger partial charge < -0.3 is 0 Å². The largest absolute Gasteiger partial charge is 0.274 e. The minimum Gasteiger partial charge on any atom is -0.274 e. The van der Waals surface area contributed by atoms with Gasteiger partial charge in [0, 0.05) is 6.92 Å². The molecule has 1 rings (SSSR count). The lowest BCUT2D eigenvalue weighted by Crippen LogP contribution is -2.58. The highest BCUT2D eigenvalue weighted by molar-refractivity contribution is 7.81. The molecule has 5 heteroatoms. The summed E-state index contributed by atoms with van der Waals surface area (Å²) in [6, 6.07) is 0. The summed E-state index contributed by atoms with van der Waals surface area (Å²) in [5, 5.41) is 1.07. The summed E-state index contributed by atoms with van der Waals surface area (Å²) in [7, 11) is 0. The van der Waals surface area contributed by atoms with Crippen molar-refractivity contribution in [2.75, 3.05) is 0 Å². The zero-order valence-electron chi connectivity index (χ0n) is 5.50. The normalized spacial score (nSPS) is 24.0. The monoisotopic (exact) mass is 160 g/mol. The molecule has 1 aliphatic rings. The number of amides is 2. The summed E-state index contributed by atoms with van der Waals surface area (Å²) >= 11 is 4.00. The van der Waals surface area contributed by atoms with Gasteiger partial charge in [0.2, 0.25) is 11.8 Å². The molecule has 1 fully saturated rings. The Balaban J connectivity index is 2.40. The Morgan fingerprint density at radius 2 is 2.50 bits per heavy atom. The van der Waals surface area contributed by atoms with E-state index in [4.69, 9.17) is 0 Å². The Labute approximate surface area is 64.0 Å². The molecule has 1 atom stereocenters. The molecular formula is C5H8N2O2S. The standard InChI is InChI=1S/C5H8N2O2S/c1-3(8)6-7-4(9)2-5(7)10/h5,10H,2H2,1H3,(H,6,8)/t5-/m1/s1. The molecule has 0 aromatic carbocycles. The molecule has 0 saturated carbocycles. The predicted octanol–water partition coefficient (Wildman–Crippen LogP) is -0.474. The molecule has 0 spiro atoms. The van der Waals surface area contributed by atoms with Gasteiger partial charge in [-0.2, -0.15) is 12.6 Å². The van der Waals surface area contributed by atoms with Crippen molar-refractivity contribution in [2.24, 2.45) is 0 Å². The minimum absolute atomic E-state index is 0.0878. The van der Waals surface area contributed by atoms with E-state index in [1.807, 2.05) is 0 Å². The zero-order chi connectivity index (χ0) is 7.72. The van der Waals surface area contributed by atoms with Gasteiger partial charge in [0.15, 0.2) is 0 Å². The zero-order valence-corrected chi connectivity index (χ0v) is 6.39. The van der Waals surface area contributed by atoms with Crippen molar-refractivity contribution >= 4 is 24.4 Å². The number of hydrazine groups is 1. The number of hydrogen-bond acceptors (Lipinski definition) is 3. The second-order valence-electron chi connectivity index (χ2n) is 2.12. The van der Waals surface area contributed by atoms with Crippen LogP contribution in [0.1, 0.15) is 13.3 Å². The van der Waals surface area contributed by atoms with Gasteiger partial charge in [-0.1, -0.05) is 0 Å². The maximum Gasteiger partial charge on any atom is 0.245 e. The van der Waals surface area contributed by atoms with E-state index >= 15 is 0 Å². The van der Waals surface area contributed by atoms with Crippen LogP contribution in [0.3, 0.4) is 0 Å². The molecule has 0 aromatic heterocycles. The van der Waals surface area contributed by atoms with E-state index in [1.165, 1.54) is 11.9 Å². The molecule has 1 N–H and O–H groups in total. The van der Waals surface area contributed by atoms with E-state index in [0.717, 1.165) is 0 Å². The lowest BCUT2D eigenvalue weighted by atomic mass is 10.2. The number of carbonyl (C=O) groups is 2. The molecule has 0 radical (unpaired) electrons. The maximum atomic E-state index is 10.6. The van der Waals surface area contributed by atoms with Crippen LogP contribution in [0.25, 0.3) is 0 Å². The van der Waals surface area contributed by atoms with Crippen LogP contribution in [0.5, 0.6) is 0 Å². The average Bonchev–Trinajstić information content (AvgIpc) is 1.84. The lowest BCUT2D eigenvalue weighted by Gasteiger charge is -2.36. The number of nitrogens with one attached hydrogen (secondary N) is 1. The summed E-state index contributed by atoms with van der Waals surface area (Å²) in [5.74, 6) is -0.331. The van der Waals surface area contributed by atoms with Gasteiger partial charge in [-0.15, -0.1) is 0 Å². The first-order valence-electron chi connectivity index (χ1n) is 2.88. The van der Waals surface area contributed by atoms with Crippen LogP contribution in [0, 0.1) is 0 Å². The molecule has 4 nitrogen and oxygen atoms in total. The number of nitrogens with zero attached hydrogens (tertiary/aromatic N) is 1. The van der Waals surface area contributed by atoms with Crippen LogP contribution in [-0.4, -0.2) is 22.2 Å². The fraction of sp³-hybridized carbons (Fsp3) is 0.600. The molecule has 0 aromatic rings. The first kappa shape index (κ1) is 7.40. The van der Waals surface area contributed by atoms with E-state index in [1.54, 1.807) is 0 Å². The summed E-state index contributed by atoms with van der Waals surface area (Å²) in [6.07, 6.45) is 0.406. The Hall–Kier alpha value is -0.710. The Bertz CT molecular complexity index is 182. The van der Waals surface area contributed by atoms with Gasteiger partial charge in [0.25, 0.3) is 0 Å². The van der Waals surface area contributed by atoms with Crippen molar-refractivity contribution in [1.29, 1.82) is 0 Å². The Kier molecular flexibility index (Phi) is 1.85. The van der Waals surface area contributed by atoms with Crippen molar-refractivity contribution in [3.63, 3.8) is 0 Å². The second-order valence-corrected chi connectivity index (χ2v) is 2.71. The van der Waals surface area contributed by atoms with E-state index in [-0.39, 0.29) is 17.2 Å². The molecule has 0 bridgehead atoms. The van der Waals surface area contributed by atoms with E-state index in [0.29, 0.717) is 6.42 Å². The summed E-state index contributed by atoms with van der Waals surface area (Å²) in [4.78, 5) is 21.0. The van der Waals surface area contributed by atoms with Gasteiger partial charge in [0.05, 0.1) is 6.42 Å². The molecule has 1 saturated heterocycles. The highest BCUT2D eigenvalue weighted by atomic mass is 32.1. The van der Waals surface area contributed by atoms with Crippen molar-refractivity contribution in [3.8, 4) is 0 Å². The summed E-state index contributed by atoms with van der Waals surface area (Å²) in [5.41, 5.74) is 2.35. The van der Waals surface area contributed by atoms with Gasteiger partial charge in [-0.25, -0.2) is 5.01 Å².